The molecule has 3 fully saturated rings. The molecule has 3 aliphatic heterocycles. The first-order chi connectivity index (χ1) is 17.1. The highest BCUT2D eigenvalue weighted by Crippen LogP contribution is 2.32. The molecule has 0 bridgehead atoms. The molecule has 9 N–H and O–H groups in total. The predicted molar refractivity (Wildman–Crippen MR) is 111 cm³/mol. The Morgan fingerprint density at radius 2 is 0.806 bits per heavy atom. The average molecular weight is 532 g/mol. The topological polar surface area (TPSA) is 247 Å². The summed E-state index contributed by atoms with van der Waals surface area (Å²) in [7, 11) is 2.46. The van der Waals surface area contributed by atoms with Crippen molar-refractivity contribution in [2.75, 3.05) is 34.0 Å². The van der Waals surface area contributed by atoms with Crippen LogP contribution in [0.5, 0.6) is 0 Å². The highest BCUT2D eigenvalue weighted by Gasteiger charge is 2.53. The summed E-state index contributed by atoms with van der Waals surface area (Å²) in [6, 6.07) is 0. The largest absolute Gasteiger partial charge is 0.394 e. The monoisotopic (exact) mass is 532 g/mol. The smallest absolute Gasteiger partial charge is 0.187 e. The minimum Gasteiger partial charge on any atom is -0.394 e. The van der Waals surface area contributed by atoms with Gasteiger partial charge in [0.15, 0.2) is 18.9 Å². The Balaban J connectivity index is 1.72. The second-order valence-electron chi connectivity index (χ2n) is 8.76. The van der Waals surface area contributed by atoms with Crippen LogP contribution < -0.4 is 0 Å². The van der Waals surface area contributed by atoms with Crippen LogP contribution in [0.4, 0.5) is 0 Å². The van der Waals surface area contributed by atoms with E-state index in [1.165, 1.54) is 14.2 Å². The number of hydrogen-bond acceptors (Lipinski definition) is 16. The van der Waals surface area contributed by atoms with Gasteiger partial charge in [-0.3, -0.25) is 0 Å². The molecule has 15 unspecified atom stereocenters. The van der Waals surface area contributed by atoms with Gasteiger partial charge in [0.2, 0.25) is 0 Å². The van der Waals surface area contributed by atoms with E-state index in [0.29, 0.717) is 0 Å². The van der Waals surface area contributed by atoms with Gasteiger partial charge in [-0.1, -0.05) is 0 Å². The standard InChI is InChI=1S/C20H36O16/c1-30-15-6(3-21)33-19(13(28)9(15)24)36-17-8(5-23)34-20(14(29)11(17)26)35-16-7(4-22)32-18(31-2)12(27)10(16)25/h6-29H,3-5H2,1-2H3. The zero-order chi connectivity index (χ0) is 26.7. The van der Waals surface area contributed by atoms with Gasteiger partial charge in [0.1, 0.15) is 73.2 Å². The fraction of sp³-hybridized carbons (Fsp3) is 1.00. The normalized spacial score (nSPS) is 50.2. The molecule has 3 saturated heterocycles. The maximum atomic E-state index is 10.7. The summed E-state index contributed by atoms with van der Waals surface area (Å²) < 4.78 is 37.3. The summed E-state index contributed by atoms with van der Waals surface area (Å²) in [4.78, 5) is 0. The summed E-state index contributed by atoms with van der Waals surface area (Å²) in [5.74, 6) is 0. The van der Waals surface area contributed by atoms with E-state index in [0.717, 1.165) is 0 Å². The van der Waals surface area contributed by atoms with Gasteiger partial charge in [-0.05, 0) is 0 Å². The fourth-order valence-electron chi connectivity index (χ4n) is 4.51. The van der Waals surface area contributed by atoms with Crippen LogP contribution in [0.1, 0.15) is 0 Å². The Morgan fingerprint density at radius 1 is 0.472 bits per heavy atom. The molecule has 3 rings (SSSR count). The molecule has 0 aromatic rings. The van der Waals surface area contributed by atoms with E-state index in [9.17, 15) is 46.0 Å². The average Bonchev–Trinajstić information content (AvgIpc) is 2.88. The second kappa shape index (κ2) is 12.9. The molecule has 0 saturated carbocycles. The highest BCUT2D eigenvalue weighted by atomic mass is 16.8. The van der Waals surface area contributed by atoms with Crippen molar-refractivity contribution in [1.29, 1.82) is 0 Å². The predicted octanol–water partition coefficient (Wildman–Crippen LogP) is -6.26. The van der Waals surface area contributed by atoms with Gasteiger partial charge < -0.3 is 79.1 Å². The third-order valence-electron chi connectivity index (χ3n) is 6.55. The molecule has 3 heterocycles. The Hall–Kier alpha value is -0.640. The van der Waals surface area contributed by atoms with Crippen LogP contribution in [0.3, 0.4) is 0 Å². The molecule has 15 atom stereocenters. The molecule has 16 heteroatoms. The highest BCUT2D eigenvalue weighted by molar-refractivity contribution is 4.96. The van der Waals surface area contributed by atoms with Crippen molar-refractivity contribution < 1.29 is 79.1 Å². The van der Waals surface area contributed by atoms with E-state index in [4.69, 9.17) is 33.2 Å². The summed E-state index contributed by atoms with van der Waals surface area (Å²) in [6.45, 7) is -2.03. The van der Waals surface area contributed by atoms with Crippen LogP contribution >= 0.6 is 0 Å². The second-order valence-corrected chi connectivity index (χ2v) is 8.76. The molecule has 0 amide bonds. The first kappa shape index (κ1) is 29.9. The first-order valence-corrected chi connectivity index (χ1v) is 11.4. The van der Waals surface area contributed by atoms with Crippen molar-refractivity contribution in [3.63, 3.8) is 0 Å². The zero-order valence-electron chi connectivity index (χ0n) is 19.7. The number of aliphatic hydroxyl groups excluding tert-OH is 9. The molecule has 3 aliphatic rings. The van der Waals surface area contributed by atoms with E-state index in [1.54, 1.807) is 0 Å². The number of hydrogen-bond donors (Lipinski definition) is 9. The summed E-state index contributed by atoms with van der Waals surface area (Å²) >= 11 is 0. The lowest BCUT2D eigenvalue weighted by Gasteiger charge is -2.48. The van der Waals surface area contributed by atoms with Gasteiger partial charge >= 0.3 is 0 Å². The Kier molecular flexibility index (Phi) is 10.8. The van der Waals surface area contributed by atoms with Crippen LogP contribution in [-0.4, -0.2) is 172 Å². The minimum atomic E-state index is -1.85. The Bertz CT molecular complexity index is 666. The van der Waals surface area contributed by atoms with Gasteiger partial charge in [0.25, 0.3) is 0 Å². The Labute approximate surface area is 206 Å². The molecule has 212 valence electrons. The van der Waals surface area contributed by atoms with Gasteiger partial charge in [-0.2, -0.15) is 0 Å². The molecule has 0 aromatic carbocycles. The lowest BCUT2D eigenvalue weighted by atomic mass is 9.96. The van der Waals surface area contributed by atoms with Gasteiger partial charge in [0.05, 0.1) is 19.8 Å². The van der Waals surface area contributed by atoms with E-state index in [-0.39, 0.29) is 0 Å². The number of methoxy groups -OCH3 is 2. The van der Waals surface area contributed by atoms with Crippen molar-refractivity contribution in [2.45, 2.75) is 92.1 Å². The quantitative estimate of drug-likeness (QED) is 0.134. The molecule has 16 nitrogen and oxygen atoms in total. The van der Waals surface area contributed by atoms with Crippen LogP contribution in [0.2, 0.25) is 0 Å². The van der Waals surface area contributed by atoms with Crippen molar-refractivity contribution in [3.8, 4) is 0 Å². The molecule has 36 heavy (non-hydrogen) atoms. The molecule has 0 aromatic heterocycles. The first-order valence-electron chi connectivity index (χ1n) is 11.4. The number of ether oxygens (including phenoxy) is 7. The lowest BCUT2D eigenvalue weighted by molar-refractivity contribution is -0.379. The number of rotatable bonds is 9. The zero-order valence-corrected chi connectivity index (χ0v) is 19.7. The summed E-state index contributed by atoms with van der Waals surface area (Å²) in [6.07, 6.45) is -22.4. The third kappa shape index (κ3) is 5.84. The van der Waals surface area contributed by atoms with E-state index < -0.39 is 112 Å². The van der Waals surface area contributed by atoms with E-state index in [1.807, 2.05) is 0 Å². The van der Waals surface area contributed by atoms with Crippen molar-refractivity contribution in [3.05, 3.63) is 0 Å². The fourth-order valence-corrected chi connectivity index (χ4v) is 4.51. The van der Waals surface area contributed by atoms with Crippen molar-refractivity contribution in [2.24, 2.45) is 0 Å². The van der Waals surface area contributed by atoms with Crippen LogP contribution in [0.15, 0.2) is 0 Å². The number of aliphatic hydroxyl groups is 9. The van der Waals surface area contributed by atoms with Crippen molar-refractivity contribution >= 4 is 0 Å². The lowest BCUT2D eigenvalue weighted by Crippen LogP contribution is -2.66. The van der Waals surface area contributed by atoms with Gasteiger partial charge in [-0.15, -0.1) is 0 Å². The summed E-state index contributed by atoms with van der Waals surface area (Å²) in [5, 5.41) is 91.6. The van der Waals surface area contributed by atoms with Gasteiger partial charge in [0, 0.05) is 14.2 Å². The summed E-state index contributed by atoms with van der Waals surface area (Å²) in [5.41, 5.74) is 0. The SMILES string of the molecule is COC1OC(CO)C(OC2OC(CO)C(OC3OC(CO)C(OC)C(O)C3O)C(O)C2O)C(O)C1O. The Morgan fingerprint density at radius 3 is 1.17 bits per heavy atom. The van der Waals surface area contributed by atoms with Crippen LogP contribution in [0.25, 0.3) is 0 Å². The molecule has 0 spiro atoms. The minimum absolute atomic E-state index is 0.596. The van der Waals surface area contributed by atoms with Crippen molar-refractivity contribution in [1.82, 2.24) is 0 Å². The van der Waals surface area contributed by atoms with Gasteiger partial charge in [-0.25, -0.2) is 0 Å². The van der Waals surface area contributed by atoms with E-state index in [2.05, 4.69) is 0 Å². The maximum absolute atomic E-state index is 10.7. The molecule has 0 radical (unpaired) electrons. The van der Waals surface area contributed by atoms with E-state index >= 15 is 0 Å². The maximum Gasteiger partial charge on any atom is 0.187 e. The molecular formula is C20H36O16. The van der Waals surface area contributed by atoms with Crippen LogP contribution in [0, 0.1) is 0 Å². The van der Waals surface area contributed by atoms with Crippen LogP contribution in [-0.2, 0) is 33.2 Å². The molecular weight excluding hydrogens is 496 g/mol. The molecule has 0 aliphatic carbocycles. The third-order valence-corrected chi connectivity index (χ3v) is 6.55.